The first-order valence-corrected chi connectivity index (χ1v) is 15.3. The number of esters is 2. The third-order valence-corrected chi connectivity index (χ3v) is 6.52. The molecule has 0 heterocycles. The molecule has 0 radical (unpaired) electrons. The molecule has 0 saturated carbocycles. The summed E-state index contributed by atoms with van der Waals surface area (Å²) in [5, 5.41) is 3.28. The average molecular weight is 639 g/mol. The molecule has 9 nitrogen and oxygen atoms in total. The van der Waals surface area contributed by atoms with E-state index in [2.05, 4.69) is 30.0 Å². The second kappa shape index (κ2) is 20.5. The molecular formula is C38H42N2O7. The van der Waals surface area contributed by atoms with Gasteiger partial charge in [0.1, 0.15) is 17.2 Å². The molecule has 0 amide bonds. The van der Waals surface area contributed by atoms with Crippen molar-refractivity contribution in [3.8, 4) is 17.2 Å². The molecule has 1 N–H and O–H groups in total. The molecule has 0 aromatic heterocycles. The Kier molecular flexibility index (Phi) is 15.6. The van der Waals surface area contributed by atoms with Crippen LogP contribution in [0.5, 0.6) is 17.2 Å². The SMILES string of the molecule is C=CC(=O)OCCCCOc1ccc(C=Nc2ccc(NC(=C)/C=C/c3ccc(OCCCCOC(=O)C=C)cc3)c(OC)c2)cc1. The fourth-order valence-electron chi connectivity index (χ4n) is 4.00. The van der Waals surface area contributed by atoms with Crippen LogP contribution in [0.1, 0.15) is 36.8 Å². The van der Waals surface area contributed by atoms with Gasteiger partial charge in [-0.3, -0.25) is 4.99 Å². The lowest BCUT2D eigenvalue weighted by atomic mass is 10.2. The number of nitrogens with one attached hydrogen (secondary N) is 1. The molecule has 0 spiro atoms. The van der Waals surface area contributed by atoms with Crippen LogP contribution in [0, 0.1) is 0 Å². The highest BCUT2D eigenvalue weighted by molar-refractivity contribution is 5.83. The molecular weight excluding hydrogens is 596 g/mol. The zero-order chi connectivity index (χ0) is 33.7. The van der Waals surface area contributed by atoms with Crippen LogP contribution < -0.4 is 19.5 Å². The number of benzene rings is 3. The standard InChI is InChI=1S/C38H42N2O7/c1-5-37(41)46-25-9-7-23-44-33-18-13-30(14-19-33)12-11-29(3)40-35-22-17-32(27-36(35)43-4)39-28-31-15-20-34(21-16-31)45-24-8-10-26-47-38(42)6-2/h5-6,11-22,27-28,40H,1-3,7-10,23-26H2,4H3/b12-11+,39-28?. The van der Waals surface area contributed by atoms with Crippen LogP contribution in [0.15, 0.2) is 115 Å². The first-order chi connectivity index (χ1) is 22.9. The number of carbonyl (C=O) groups is 2. The molecule has 3 aromatic carbocycles. The van der Waals surface area contributed by atoms with Crippen molar-refractivity contribution in [3.63, 3.8) is 0 Å². The van der Waals surface area contributed by atoms with E-state index in [1.807, 2.05) is 78.9 Å². The third-order valence-electron chi connectivity index (χ3n) is 6.52. The zero-order valence-corrected chi connectivity index (χ0v) is 26.8. The first kappa shape index (κ1) is 35.9. The van der Waals surface area contributed by atoms with E-state index in [0.717, 1.165) is 71.8 Å². The summed E-state index contributed by atoms with van der Waals surface area (Å²) in [6.07, 6.45) is 10.9. The Hall–Kier alpha value is -5.57. The summed E-state index contributed by atoms with van der Waals surface area (Å²) in [6.45, 7) is 12.6. The van der Waals surface area contributed by atoms with E-state index in [1.165, 1.54) is 0 Å². The van der Waals surface area contributed by atoms with Crippen molar-refractivity contribution < 1.29 is 33.3 Å². The van der Waals surface area contributed by atoms with Gasteiger partial charge >= 0.3 is 11.9 Å². The van der Waals surface area contributed by atoms with Crippen LogP contribution >= 0.6 is 0 Å². The summed E-state index contributed by atoms with van der Waals surface area (Å²) in [5.41, 5.74) is 4.12. The Labute approximate surface area is 276 Å². The van der Waals surface area contributed by atoms with Crippen LogP contribution in [-0.2, 0) is 19.1 Å². The normalized spacial score (nSPS) is 10.7. The largest absolute Gasteiger partial charge is 0.494 e. The lowest BCUT2D eigenvalue weighted by Crippen LogP contribution is -2.04. The van der Waals surface area contributed by atoms with Crippen LogP contribution in [-0.4, -0.2) is 51.7 Å². The zero-order valence-electron chi connectivity index (χ0n) is 26.8. The number of rotatable bonds is 21. The number of allylic oxidation sites excluding steroid dienone is 1. The number of anilines is 1. The molecule has 0 unspecified atom stereocenters. The topological polar surface area (TPSA) is 105 Å². The van der Waals surface area contributed by atoms with Gasteiger partial charge in [-0.05, 0) is 91.4 Å². The van der Waals surface area contributed by atoms with Gasteiger partial charge in [-0.15, -0.1) is 0 Å². The molecule has 0 fully saturated rings. The number of methoxy groups -OCH3 is 1. The maximum Gasteiger partial charge on any atom is 0.330 e. The van der Waals surface area contributed by atoms with Crippen molar-refractivity contribution in [2.45, 2.75) is 25.7 Å². The minimum Gasteiger partial charge on any atom is -0.494 e. The van der Waals surface area contributed by atoms with Crippen LogP contribution in [0.2, 0.25) is 0 Å². The molecule has 0 bridgehead atoms. The number of aliphatic imine (C=N–C) groups is 1. The van der Waals surface area contributed by atoms with E-state index < -0.39 is 11.9 Å². The minimum atomic E-state index is -0.410. The molecule has 0 saturated heterocycles. The molecule has 0 aliphatic carbocycles. The highest BCUT2D eigenvalue weighted by atomic mass is 16.5. The molecule has 0 aliphatic heterocycles. The first-order valence-electron chi connectivity index (χ1n) is 15.3. The minimum absolute atomic E-state index is 0.353. The maximum absolute atomic E-state index is 11.0. The van der Waals surface area contributed by atoms with Crippen molar-refractivity contribution in [1.29, 1.82) is 0 Å². The Morgan fingerprint density at radius 1 is 0.745 bits per heavy atom. The summed E-state index contributed by atoms with van der Waals surface area (Å²) < 4.78 is 27.0. The summed E-state index contributed by atoms with van der Waals surface area (Å²) in [4.78, 5) is 26.7. The monoisotopic (exact) mass is 638 g/mol. The Bertz CT molecular complexity index is 1530. The number of nitrogens with zero attached hydrogens (tertiary/aromatic N) is 1. The van der Waals surface area contributed by atoms with Crippen molar-refractivity contribution in [2.24, 2.45) is 4.99 Å². The van der Waals surface area contributed by atoms with Gasteiger partial charge in [0.2, 0.25) is 0 Å². The predicted octanol–water partition coefficient (Wildman–Crippen LogP) is 7.86. The Morgan fingerprint density at radius 3 is 1.81 bits per heavy atom. The fourth-order valence-corrected chi connectivity index (χ4v) is 4.00. The summed E-state index contributed by atoms with van der Waals surface area (Å²) in [6, 6.07) is 21.1. The molecule has 3 rings (SSSR count). The molecule has 246 valence electrons. The highest BCUT2D eigenvalue weighted by Crippen LogP contribution is 2.30. The van der Waals surface area contributed by atoms with Crippen LogP contribution in [0.3, 0.4) is 0 Å². The lowest BCUT2D eigenvalue weighted by Gasteiger charge is -2.12. The maximum atomic E-state index is 11.0. The molecule has 0 aliphatic rings. The predicted molar refractivity (Wildman–Crippen MR) is 187 cm³/mol. The van der Waals surface area contributed by atoms with Gasteiger partial charge in [0.05, 0.1) is 44.9 Å². The van der Waals surface area contributed by atoms with Crippen molar-refractivity contribution in [2.75, 3.05) is 38.9 Å². The van der Waals surface area contributed by atoms with Crippen molar-refractivity contribution in [3.05, 3.63) is 122 Å². The van der Waals surface area contributed by atoms with Gasteiger partial charge in [-0.25, -0.2) is 9.59 Å². The Balaban J connectivity index is 1.42. The molecule has 47 heavy (non-hydrogen) atoms. The smallest absolute Gasteiger partial charge is 0.330 e. The number of unbranched alkanes of at least 4 members (excludes halogenated alkanes) is 2. The van der Waals surface area contributed by atoms with E-state index in [9.17, 15) is 9.59 Å². The molecule has 3 aromatic rings. The van der Waals surface area contributed by atoms with Crippen molar-refractivity contribution in [1.82, 2.24) is 0 Å². The van der Waals surface area contributed by atoms with Gasteiger partial charge in [0.25, 0.3) is 0 Å². The van der Waals surface area contributed by atoms with E-state index in [0.29, 0.717) is 37.9 Å². The van der Waals surface area contributed by atoms with Gasteiger partial charge < -0.3 is 29.0 Å². The quantitative estimate of drug-likeness (QED) is 0.0413. The second-order valence-electron chi connectivity index (χ2n) is 10.1. The van der Waals surface area contributed by atoms with Crippen molar-refractivity contribution >= 4 is 35.6 Å². The van der Waals surface area contributed by atoms with Gasteiger partial charge in [0, 0.05) is 30.1 Å². The van der Waals surface area contributed by atoms with Crippen LogP contribution in [0.25, 0.3) is 6.08 Å². The van der Waals surface area contributed by atoms with E-state index >= 15 is 0 Å². The Morgan fingerprint density at radius 2 is 1.28 bits per heavy atom. The summed E-state index contributed by atoms with van der Waals surface area (Å²) >= 11 is 0. The van der Waals surface area contributed by atoms with Gasteiger partial charge in [-0.2, -0.15) is 0 Å². The molecule has 9 heteroatoms. The number of hydrogen-bond acceptors (Lipinski definition) is 9. The van der Waals surface area contributed by atoms with E-state index in [-0.39, 0.29) is 0 Å². The van der Waals surface area contributed by atoms with E-state index in [4.69, 9.17) is 23.7 Å². The second-order valence-corrected chi connectivity index (χ2v) is 10.1. The van der Waals surface area contributed by atoms with Gasteiger partial charge in [-0.1, -0.05) is 37.9 Å². The van der Waals surface area contributed by atoms with E-state index in [1.54, 1.807) is 13.3 Å². The third kappa shape index (κ3) is 13.9. The molecule has 0 atom stereocenters. The number of ether oxygens (including phenoxy) is 5. The van der Waals surface area contributed by atoms with Gasteiger partial charge in [0.15, 0.2) is 0 Å². The number of carbonyl (C=O) groups excluding carboxylic acids is 2. The highest BCUT2D eigenvalue weighted by Gasteiger charge is 2.05. The number of hydrogen-bond donors (Lipinski definition) is 1. The summed E-state index contributed by atoms with van der Waals surface area (Å²) in [7, 11) is 1.61. The average Bonchev–Trinajstić information content (AvgIpc) is 3.10. The fraction of sp³-hybridized carbons (Fsp3) is 0.237. The summed E-state index contributed by atoms with van der Waals surface area (Å²) in [5.74, 6) is 1.35. The van der Waals surface area contributed by atoms with Crippen LogP contribution in [0.4, 0.5) is 11.4 Å². The lowest BCUT2D eigenvalue weighted by molar-refractivity contribution is -0.138.